The quantitative estimate of drug-likeness (QED) is 0.381. The van der Waals surface area contributed by atoms with E-state index in [0.717, 1.165) is 43.7 Å². The van der Waals surface area contributed by atoms with Gasteiger partial charge in [-0.2, -0.15) is 8.78 Å². The molecule has 0 aromatic heterocycles. The zero-order chi connectivity index (χ0) is 23.8. The molecule has 0 unspecified atom stereocenters. The second-order valence-electron chi connectivity index (χ2n) is 9.12. The number of benzene rings is 2. The van der Waals surface area contributed by atoms with Gasteiger partial charge in [0, 0.05) is 6.07 Å². The van der Waals surface area contributed by atoms with Crippen molar-refractivity contribution in [1.82, 2.24) is 0 Å². The Balaban J connectivity index is 1.49. The zero-order valence-electron chi connectivity index (χ0n) is 17.9. The van der Waals surface area contributed by atoms with Crippen LogP contribution in [0.15, 0.2) is 30.3 Å². The molecule has 2 aliphatic carbocycles. The summed E-state index contributed by atoms with van der Waals surface area (Å²) >= 11 is 0. The fourth-order valence-electron chi connectivity index (χ4n) is 5.41. The largest absolute Gasteiger partial charge is 0.432 e. The van der Waals surface area contributed by atoms with Crippen LogP contribution in [0, 0.1) is 29.3 Å². The highest BCUT2D eigenvalue weighted by Gasteiger charge is 2.42. The van der Waals surface area contributed by atoms with Gasteiger partial charge in [0.2, 0.25) is 0 Å². The predicted octanol–water partition coefficient (Wildman–Crippen LogP) is 8.63. The first-order valence-corrected chi connectivity index (χ1v) is 11.3. The van der Waals surface area contributed by atoms with Crippen LogP contribution in [0.1, 0.15) is 80.4 Å². The summed E-state index contributed by atoms with van der Waals surface area (Å²) in [5, 5.41) is 0. The first-order valence-electron chi connectivity index (χ1n) is 11.3. The van der Waals surface area contributed by atoms with Crippen LogP contribution in [0.3, 0.4) is 0 Å². The lowest BCUT2D eigenvalue weighted by atomic mass is 9.73. The minimum Gasteiger partial charge on any atom is -0.429 e. The van der Waals surface area contributed by atoms with Crippen molar-refractivity contribution in [3.05, 3.63) is 64.5 Å². The van der Waals surface area contributed by atoms with E-state index >= 15 is 0 Å². The second kappa shape index (κ2) is 9.55. The maximum Gasteiger partial charge on any atom is 0.432 e. The van der Waals surface area contributed by atoms with Crippen LogP contribution in [0.25, 0.3) is 0 Å². The van der Waals surface area contributed by atoms with Crippen molar-refractivity contribution in [3.8, 4) is 5.75 Å². The summed E-state index contributed by atoms with van der Waals surface area (Å²) in [7, 11) is 0. The molecule has 0 N–H and O–H groups in total. The first kappa shape index (κ1) is 23.9. The Morgan fingerprint density at radius 1 is 0.758 bits per heavy atom. The molecule has 33 heavy (non-hydrogen) atoms. The Hall–Kier alpha value is -2.25. The molecule has 2 aromatic carbocycles. The lowest BCUT2D eigenvalue weighted by Crippen LogP contribution is -2.26. The van der Waals surface area contributed by atoms with Gasteiger partial charge in [0.15, 0.2) is 0 Å². The van der Waals surface area contributed by atoms with Crippen molar-refractivity contribution in [3.63, 3.8) is 0 Å². The fourth-order valence-corrected chi connectivity index (χ4v) is 5.41. The van der Waals surface area contributed by atoms with E-state index in [1.54, 1.807) is 0 Å². The summed E-state index contributed by atoms with van der Waals surface area (Å²) in [6.07, 6.45) is 0.780. The predicted molar refractivity (Wildman–Crippen MR) is 109 cm³/mol. The first-order chi connectivity index (χ1) is 15.7. The molecule has 2 aromatic rings. The zero-order valence-corrected chi connectivity index (χ0v) is 17.9. The van der Waals surface area contributed by atoms with E-state index < -0.39 is 46.9 Å². The van der Waals surface area contributed by atoms with Gasteiger partial charge in [-0.3, -0.25) is 0 Å². The van der Waals surface area contributed by atoms with Gasteiger partial charge in [-0.15, -0.1) is 0 Å². The highest BCUT2D eigenvalue weighted by Crippen LogP contribution is 2.45. The van der Waals surface area contributed by atoms with Gasteiger partial charge in [-0.25, -0.2) is 22.0 Å². The highest BCUT2D eigenvalue weighted by atomic mass is 19.3. The average Bonchev–Trinajstić information content (AvgIpc) is 3.27. The van der Waals surface area contributed by atoms with E-state index in [1.165, 1.54) is 25.7 Å². The molecule has 0 bridgehead atoms. The van der Waals surface area contributed by atoms with Crippen LogP contribution in [-0.2, 0) is 6.11 Å². The van der Waals surface area contributed by atoms with Crippen molar-refractivity contribution in [2.75, 3.05) is 0 Å². The maximum atomic E-state index is 14.7. The fraction of sp³-hybridized carbons (Fsp3) is 0.520. The molecule has 0 atom stereocenters. The molecule has 0 amide bonds. The molecular formula is C25H25F7O. The van der Waals surface area contributed by atoms with Crippen LogP contribution in [-0.4, -0.2) is 0 Å². The second-order valence-corrected chi connectivity index (χ2v) is 9.12. The summed E-state index contributed by atoms with van der Waals surface area (Å²) in [6, 6.07) is 3.45. The molecule has 0 heterocycles. The van der Waals surface area contributed by atoms with Gasteiger partial charge in [0.05, 0.1) is 5.56 Å². The molecule has 4 rings (SSSR count). The Labute approximate surface area is 187 Å². The van der Waals surface area contributed by atoms with Gasteiger partial charge in [0.1, 0.15) is 28.8 Å². The third kappa shape index (κ3) is 5.14. The number of alkyl halides is 4. The molecule has 0 radical (unpaired) electrons. The standard InChI is InChI=1S/C25H25F7O/c26-20-13-18(9-10-19(20)24(29)30)33-25(31,32)23-21(27)11-17(12-22(23)28)16-7-5-15(6-8-16)14-3-1-2-4-14/h9-16,24H,1-8H2. The third-order valence-corrected chi connectivity index (χ3v) is 7.12. The lowest BCUT2D eigenvalue weighted by molar-refractivity contribution is -0.189. The van der Waals surface area contributed by atoms with E-state index in [-0.39, 0.29) is 5.92 Å². The molecule has 8 heteroatoms. The Bertz CT molecular complexity index is 954. The van der Waals surface area contributed by atoms with Gasteiger partial charge in [0.25, 0.3) is 6.43 Å². The molecule has 0 saturated heterocycles. The summed E-state index contributed by atoms with van der Waals surface area (Å²) in [6.45, 7) is 0. The van der Waals surface area contributed by atoms with E-state index in [0.29, 0.717) is 29.7 Å². The summed E-state index contributed by atoms with van der Waals surface area (Å²) in [5.41, 5.74) is -2.25. The summed E-state index contributed by atoms with van der Waals surface area (Å²) in [5.74, 6) is -3.97. The number of ether oxygens (including phenoxy) is 1. The van der Waals surface area contributed by atoms with E-state index in [2.05, 4.69) is 4.74 Å². The smallest absolute Gasteiger partial charge is 0.429 e. The molecule has 0 aliphatic heterocycles. The van der Waals surface area contributed by atoms with Crippen LogP contribution < -0.4 is 4.74 Å². The average molecular weight is 474 g/mol. The van der Waals surface area contributed by atoms with Crippen molar-refractivity contribution >= 4 is 0 Å². The third-order valence-electron chi connectivity index (χ3n) is 7.12. The molecule has 180 valence electrons. The van der Waals surface area contributed by atoms with Gasteiger partial charge in [-0.05, 0) is 73.3 Å². The SMILES string of the molecule is Fc1cc(OC(F)(F)c2c(F)cc(C3CCC(C4CCCC4)CC3)cc2F)ccc1C(F)F. The van der Waals surface area contributed by atoms with Gasteiger partial charge in [-0.1, -0.05) is 25.7 Å². The Morgan fingerprint density at radius 3 is 1.88 bits per heavy atom. The molecule has 2 fully saturated rings. The van der Waals surface area contributed by atoms with Crippen LogP contribution in [0.5, 0.6) is 5.75 Å². The molecule has 2 aliphatic rings. The van der Waals surface area contributed by atoms with Crippen molar-refractivity contribution < 1.29 is 35.5 Å². The van der Waals surface area contributed by atoms with E-state index in [1.807, 2.05) is 0 Å². The number of rotatable bonds is 6. The number of halogens is 7. The highest BCUT2D eigenvalue weighted by molar-refractivity contribution is 5.34. The minimum atomic E-state index is -4.47. The van der Waals surface area contributed by atoms with E-state index in [4.69, 9.17) is 0 Å². The molecule has 2 saturated carbocycles. The molecule has 1 nitrogen and oxygen atoms in total. The summed E-state index contributed by atoms with van der Waals surface area (Å²) in [4.78, 5) is 0. The number of hydrogen-bond donors (Lipinski definition) is 0. The molecule has 0 spiro atoms. The van der Waals surface area contributed by atoms with Crippen molar-refractivity contribution in [2.45, 2.75) is 69.8 Å². The van der Waals surface area contributed by atoms with Gasteiger partial charge < -0.3 is 4.74 Å². The lowest BCUT2D eigenvalue weighted by Gasteiger charge is -2.32. The Morgan fingerprint density at radius 2 is 1.33 bits per heavy atom. The topological polar surface area (TPSA) is 9.23 Å². The van der Waals surface area contributed by atoms with Crippen molar-refractivity contribution in [2.24, 2.45) is 11.8 Å². The van der Waals surface area contributed by atoms with Crippen LogP contribution in [0.2, 0.25) is 0 Å². The summed E-state index contributed by atoms with van der Waals surface area (Å²) < 4.78 is 102. The normalized spacial score (nSPS) is 22.2. The molecular weight excluding hydrogens is 449 g/mol. The van der Waals surface area contributed by atoms with Gasteiger partial charge >= 0.3 is 6.11 Å². The number of hydrogen-bond acceptors (Lipinski definition) is 1. The monoisotopic (exact) mass is 474 g/mol. The minimum absolute atomic E-state index is 0.105. The van der Waals surface area contributed by atoms with Crippen LogP contribution >= 0.6 is 0 Å². The maximum absolute atomic E-state index is 14.7. The van der Waals surface area contributed by atoms with Crippen LogP contribution in [0.4, 0.5) is 30.7 Å². The van der Waals surface area contributed by atoms with Crippen molar-refractivity contribution in [1.29, 1.82) is 0 Å². The van der Waals surface area contributed by atoms with E-state index in [9.17, 15) is 30.7 Å². The Kier molecular flexibility index (Phi) is 6.91.